The summed E-state index contributed by atoms with van der Waals surface area (Å²) in [5.41, 5.74) is 2.70. The van der Waals surface area contributed by atoms with E-state index in [1.165, 1.54) is 10.9 Å². The minimum Gasteiger partial charge on any atom is -0.316 e. The zero-order chi connectivity index (χ0) is 13.2. The molecule has 0 aliphatic rings. The quantitative estimate of drug-likeness (QED) is 0.892. The van der Waals surface area contributed by atoms with E-state index in [1.54, 1.807) is 0 Å². The summed E-state index contributed by atoms with van der Waals surface area (Å²) in [6, 6.07) is 11.0. The number of aromatic nitrogens is 1. The minimum atomic E-state index is 0.249. The molecule has 2 aromatic rings. The van der Waals surface area contributed by atoms with Crippen LogP contribution in [0.3, 0.4) is 0 Å². The van der Waals surface area contributed by atoms with Gasteiger partial charge in [-0.1, -0.05) is 39.0 Å². The van der Waals surface area contributed by atoms with Crippen LogP contribution >= 0.6 is 0 Å². The molecule has 0 radical (unpaired) electrons. The summed E-state index contributed by atoms with van der Waals surface area (Å²) in [6.45, 7) is 6.83. The lowest BCUT2D eigenvalue weighted by molar-refractivity contribution is 0.280. The Bertz CT molecular complexity index is 521. The van der Waals surface area contributed by atoms with E-state index in [0.29, 0.717) is 6.04 Å². The van der Waals surface area contributed by atoms with Crippen LogP contribution in [0.5, 0.6) is 0 Å². The summed E-state index contributed by atoms with van der Waals surface area (Å²) in [5, 5.41) is 4.70. The first-order valence-electron chi connectivity index (χ1n) is 6.52. The van der Waals surface area contributed by atoms with Crippen molar-refractivity contribution in [3.8, 4) is 0 Å². The van der Waals surface area contributed by atoms with E-state index in [0.717, 1.165) is 11.9 Å². The number of fused-ring (bicyclic) bond motifs is 1. The molecular formula is C16H22N2. The Morgan fingerprint density at radius 2 is 1.89 bits per heavy atom. The summed E-state index contributed by atoms with van der Waals surface area (Å²) in [4.78, 5) is 4.42. The molecule has 0 aliphatic heterocycles. The number of nitrogens with one attached hydrogen (secondary N) is 1. The lowest BCUT2D eigenvalue weighted by atomic mass is 9.82. The molecule has 18 heavy (non-hydrogen) atoms. The van der Waals surface area contributed by atoms with Gasteiger partial charge in [0.15, 0.2) is 0 Å². The van der Waals surface area contributed by atoms with E-state index in [4.69, 9.17) is 0 Å². The largest absolute Gasteiger partial charge is 0.316 e. The molecule has 2 rings (SSSR count). The molecular weight excluding hydrogens is 220 g/mol. The molecule has 1 heterocycles. The van der Waals surface area contributed by atoms with Crippen LogP contribution in [-0.4, -0.2) is 18.1 Å². The van der Waals surface area contributed by atoms with Gasteiger partial charge in [0.2, 0.25) is 0 Å². The zero-order valence-electron chi connectivity index (χ0n) is 11.7. The van der Waals surface area contributed by atoms with Crippen molar-refractivity contribution in [3.63, 3.8) is 0 Å². The van der Waals surface area contributed by atoms with Gasteiger partial charge >= 0.3 is 0 Å². The van der Waals surface area contributed by atoms with Gasteiger partial charge in [-0.15, -0.1) is 0 Å². The second-order valence-corrected chi connectivity index (χ2v) is 5.90. The lowest BCUT2D eigenvalue weighted by Gasteiger charge is -2.30. The van der Waals surface area contributed by atoms with Gasteiger partial charge in [-0.25, -0.2) is 0 Å². The number of para-hydroxylation sites is 1. The van der Waals surface area contributed by atoms with Crippen molar-refractivity contribution in [2.24, 2.45) is 5.41 Å². The van der Waals surface area contributed by atoms with Gasteiger partial charge in [-0.2, -0.15) is 0 Å². The van der Waals surface area contributed by atoms with E-state index in [2.05, 4.69) is 55.3 Å². The standard InChI is InChI=1S/C16H22N2/c1-16(2,3)15(17-4)11-12-9-10-18-14-8-6-5-7-13(12)14/h5-10,15,17H,11H2,1-4H3. The highest BCUT2D eigenvalue weighted by Crippen LogP contribution is 2.25. The fourth-order valence-corrected chi connectivity index (χ4v) is 2.39. The Balaban J connectivity index is 2.37. The smallest absolute Gasteiger partial charge is 0.0704 e. The first kappa shape index (κ1) is 13.0. The number of likely N-dealkylation sites (N-methyl/N-ethyl adjacent to an activating group) is 1. The number of rotatable bonds is 3. The molecule has 0 saturated carbocycles. The average molecular weight is 242 g/mol. The van der Waals surface area contributed by atoms with Crippen LogP contribution < -0.4 is 5.32 Å². The van der Waals surface area contributed by atoms with E-state index in [9.17, 15) is 0 Å². The maximum absolute atomic E-state index is 4.42. The maximum Gasteiger partial charge on any atom is 0.0704 e. The SMILES string of the molecule is CNC(Cc1ccnc2ccccc12)C(C)(C)C. The highest BCUT2D eigenvalue weighted by atomic mass is 14.9. The molecule has 0 fully saturated rings. The fraction of sp³-hybridized carbons (Fsp3) is 0.438. The first-order valence-corrected chi connectivity index (χ1v) is 6.52. The minimum absolute atomic E-state index is 0.249. The van der Waals surface area contributed by atoms with Gasteiger partial charge in [-0.05, 0) is 36.6 Å². The third-order valence-corrected chi connectivity index (χ3v) is 3.56. The topological polar surface area (TPSA) is 24.9 Å². The Morgan fingerprint density at radius 3 is 2.56 bits per heavy atom. The van der Waals surface area contributed by atoms with Crippen molar-refractivity contribution in [2.75, 3.05) is 7.05 Å². The molecule has 0 amide bonds. The van der Waals surface area contributed by atoms with Gasteiger partial charge in [0.05, 0.1) is 5.52 Å². The van der Waals surface area contributed by atoms with Crippen molar-refractivity contribution < 1.29 is 0 Å². The van der Waals surface area contributed by atoms with Gasteiger partial charge in [0.25, 0.3) is 0 Å². The molecule has 1 aromatic heterocycles. The zero-order valence-corrected chi connectivity index (χ0v) is 11.7. The van der Waals surface area contributed by atoms with Crippen LogP contribution in [0, 0.1) is 5.41 Å². The first-order chi connectivity index (χ1) is 8.52. The molecule has 96 valence electrons. The van der Waals surface area contributed by atoms with Crippen molar-refractivity contribution in [1.82, 2.24) is 10.3 Å². The Kier molecular flexibility index (Phi) is 3.67. The molecule has 0 saturated heterocycles. The third kappa shape index (κ3) is 2.70. The highest BCUT2D eigenvalue weighted by molar-refractivity contribution is 5.81. The molecule has 0 bridgehead atoms. The highest BCUT2D eigenvalue weighted by Gasteiger charge is 2.23. The Morgan fingerprint density at radius 1 is 1.17 bits per heavy atom. The number of hydrogen-bond acceptors (Lipinski definition) is 2. The van der Waals surface area contributed by atoms with Crippen LogP contribution in [0.2, 0.25) is 0 Å². The van der Waals surface area contributed by atoms with Crippen molar-refractivity contribution in [3.05, 3.63) is 42.1 Å². The van der Waals surface area contributed by atoms with E-state index in [1.807, 2.05) is 19.3 Å². The predicted molar refractivity (Wildman–Crippen MR) is 77.7 cm³/mol. The number of pyridine rings is 1. The maximum atomic E-state index is 4.42. The molecule has 1 N–H and O–H groups in total. The molecule has 1 atom stereocenters. The number of nitrogens with zero attached hydrogens (tertiary/aromatic N) is 1. The van der Waals surface area contributed by atoms with Gasteiger partial charge in [0.1, 0.15) is 0 Å². The van der Waals surface area contributed by atoms with Gasteiger partial charge < -0.3 is 5.32 Å². The molecule has 0 aliphatic carbocycles. The lowest BCUT2D eigenvalue weighted by Crippen LogP contribution is -2.39. The Labute approximate surface area is 109 Å². The molecule has 0 spiro atoms. The van der Waals surface area contributed by atoms with Crippen LogP contribution in [0.4, 0.5) is 0 Å². The second kappa shape index (κ2) is 5.07. The predicted octanol–water partition coefficient (Wildman–Crippen LogP) is 3.41. The summed E-state index contributed by atoms with van der Waals surface area (Å²) in [7, 11) is 2.04. The number of benzene rings is 1. The monoisotopic (exact) mass is 242 g/mol. The fourth-order valence-electron chi connectivity index (χ4n) is 2.39. The van der Waals surface area contributed by atoms with E-state index >= 15 is 0 Å². The summed E-state index contributed by atoms with van der Waals surface area (Å²) >= 11 is 0. The van der Waals surface area contributed by atoms with Crippen LogP contribution in [0.1, 0.15) is 26.3 Å². The molecule has 2 heteroatoms. The van der Waals surface area contributed by atoms with Crippen molar-refractivity contribution >= 4 is 10.9 Å². The average Bonchev–Trinajstić information content (AvgIpc) is 2.34. The van der Waals surface area contributed by atoms with Crippen molar-refractivity contribution in [1.29, 1.82) is 0 Å². The van der Waals surface area contributed by atoms with Gasteiger partial charge in [0, 0.05) is 17.6 Å². The van der Waals surface area contributed by atoms with Crippen molar-refractivity contribution in [2.45, 2.75) is 33.2 Å². The summed E-state index contributed by atoms with van der Waals surface area (Å²) in [5.74, 6) is 0. The normalized spacial score (nSPS) is 13.8. The summed E-state index contributed by atoms with van der Waals surface area (Å²) < 4.78 is 0. The van der Waals surface area contributed by atoms with Crippen LogP contribution in [-0.2, 0) is 6.42 Å². The Hall–Kier alpha value is -1.41. The van der Waals surface area contributed by atoms with E-state index in [-0.39, 0.29) is 5.41 Å². The van der Waals surface area contributed by atoms with Gasteiger partial charge in [-0.3, -0.25) is 4.98 Å². The molecule has 2 nitrogen and oxygen atoms in total. The third-order valence-electron chi connectivity index (χ3n) is 3.56. The van der Waals surface area contributed by atoms with Crippen LogP contribution in [0.25, 0.3) is 10.9 Å². The van der Waals surface area contributed by atoms with Crippen LogP contribution in [0.15, 0.2) is 36.5 Å². The van der Waals surface area contributed by atoms with E-state index < -0.39 is 0 Å². The molecule has 1 unspecified atom stereocenters. The molecule has 1 aromatic carbocycles. The second-order valence-electron chi connectivity index (χ2n) is 5.90. The number of hydrogen-bond donors (Lipinski definition) is 1. The summed E-state index contributed by atoms with van der Waals surface area (Å²) in [6.07, 6.45) is 2.94.